The first-order valence-electron chi connectivity index (χ1n) is 7.72. The van der Waals surface area contributed by atoms with Gasteiger partial charge in [-0.25, -0.2) is 4.79 Å². The van der Waals surface area contributed by atoms with Crippen LogP contribution in [0.3, 0.4) is 0 Å². The molecule has 1 saturated heterocycles. The number of aryl methyl sites for hydroxylation is 1. The van der Waals surface area contributed by atoms with Gasteiger partial charge in [0.1, 0.15) is 17.8 Å². The molecule has 0 radical (unpaired) electrons. The second-order valence-corrected chi connectivity index (χ2v) is 6.15. The van der Waals surface area contributed by atoms with E-state index >= 15 is 0 Å². The van der Waals surface area contributed by atoms with E-state index in [1.165, 1.54) is 19.9 Å². The van der Waals surface area contributed by atoms with Gasteiger partial charge in [0.2, 0.25) is 0 Å². The van der Waals surface area contributed by atoms with Gasteiger partial charge >= 0.3 is 12.0 Å². The average Bonchev–Trinajstić information content (AvgIpc) is 3.00. The number of nitrogens with one attached hydrogen (secondary N) is 2. The monoisotopic (exact) mass is 352 g/mol. The Hall–Kier alpha value is -2.91. The summed E-state index contributed by atoms with van der Waals surface area (Å²) in [7, 11) is 0. The third-order valence-electron chi connectivity index (χ3n) is 3.55. The van der Waals surface area contributed by atoms with Crippen LogP contribution < -0.4 is 10.6 Å². The van der Waals surface area contributed by atoms with Gasteiger partial charge in [-0.1, -0.05) is 12.1 Å². The van der Waals surface area contributed by atoms with Crippen LogP contribution in [-0.2, 0) is 19.1 Å². The van der Waals surface area contributed by atoms with E-state index in [9.17, 15) is 19.2 Å². The fraction of sp³-hybridized carbons (Fsp3) is 0.533. The van der Waals surface area contributed by atoms with Crippen molar-refractivity contribution in [1.29, 1.82) is 0 Å². The van der Waals surface area contributed by atoms with Gasteiger partial charge in [-0.15, -0.1) is 0 Å². The number of imide groups is 1. The Balaban J connectivity index is 1.94. The number of aromatic nitrogens is 1. The predicted octanol–water partition coefficient (Wildman–Crippen LogP) is 0.574. The zero-order valence-electron chi connectivity index (χ0n) is 14.4. The lowest BCUT2D eigenvalue weighted by molar-refractivity contribution is -0.156. The van der Waals surface area contributed by atoms with E-state index in [0.717, 1.165) is 4.90 Å². The van der Waals surface area contributed by atoms with Crippen LogP contribution in [0.4, 0.5) is 10.6 Å². The predicted molar refractivity (Wildman–Crippen MR) is 84.4 cm³/mol. The lowest BCUT2D eigenvalue weighted by Gasteiger charge is -2.18. The Bertz CT molecular complexity index is 711. The molecule has 0 saturated carbocycles. The Labute approximate surface area is 143 Å². The number of esters is 1. The minimum atomic E-state index is -1.08. The van der Waals surface area contributed by atoms with Crippen LogP contribution in [0.2, 0.25) is 0 Å². The summed E-state index contributed by atoms with van der Waals surface area (Å²) >= 11 is 0. The van der Waals surface area contributed by atoms with Crippen molar-refractivity contribution >= 4 is 29.6 Å². The number of nitrogens with zero attached hydrogens (tertiary/aromatic N) is 2. The van der Waals surface area contributed by atoms with Crippen LogP contribution in [0, 0.1) is 6.92 Å². The Kier molecular flexibility index (Phi) is 5.10. The van der Waals surface area contributed by atoms with E-state index in [0.29, 0.717) is 5.76 Å². The van der Waals surface area contributed by atoms with Crippen LogP contribution in [0.25, 0.3) is 0 Å². The smallest absolute Gasteiger partial charge is 0.327 e. The molecule has 1 aromatic heterocycles. The zero-order valence-corrected chi connectivity index (χ0v) is 14.4. The molecule has 10 heteroatoms. The lowest BCUT2D eigenvalue weighted by atomic mass is 10.1. The lowest BCUT2D eigenvalue weighted by Crippen LogP contribution is -2.42. The molecule has 0 aromatic carbocycles. The molecule has 1 atom stereocenters. The van der Waals surface area contributed by atoms with Crippen LogP contribution in [-0.4, -0.2) is 52.1 Å². The van der Waals surface area contributed by atoms with Crippen molar-refractivity contribution in [1.82, 2.24) is 15.4 Å². The molecule has 0 spiro atoms. The van der Waals surface area contributed by atoms with E-state index in [4.69, 9.17) is 9.26 Å². The summed E-state index contributed by atoms with van der Waals surface area (Å²) in [6.07, 6.45) is -0.877. The standard InChI is InChI=1S/C15H20N4O6/c1-5-9(12(21)16-10-6-8(2)25-18-10)24-11(20)7-19-13(22)15(3,4)17-14(19)23/h6,9H,5,7H2,1-4H3,(H,17,23)(H,16,18,21). The molecular weight excluding hydrogens is 332 g/mol. The van der Waals surface area contributed by atoms with Gasteiger partial charge in [-0.2, -0.15) is 0 Å². The highest BCUT2D eigenvalue weighted by atomic mass is 16.5. The Morgan fingerprint density at radius 2 is 2.12 bits per heavy atom. The van der Waals surface area contributed by atoms with Gasteiger partial charge in [-0.3, -0.25) is 19.3 Å². The second-order valence-electron chi connectivity index (χ2n) is 6.15. The first-order valence-corrected chi connectivity index (χ1v) is 7.72. The molecule has 1 aliphatic rings. The Morgan fingerprint density at radius 1 is 1.44 bits per heavy atom. The SMILES string of the molecule is CCC(OC(=O)CN1C(=O)NC(C)(C)C1=O)C(=O)Nc1cc(C)on1. The number of urea groups is 1. The molecule has 2 heterocycles. The molecule has 0 aliphatic carbocycles. The maximum absolute atomic E-state index is 12.1. The van der Waals surface area contributed by atoms with Gasteiger partial charge in [0.05, 0.1) is 0 Å². The minimum Gasteiger partial charge on any atom is -0.451 e. The molecule has 2 N–H and O–H groups in total. The molecule has 136 valence electrons. The number of anilines is 1. The molecule has 10 nitrogen and oxygen atoms in total. The number of rotatable bonds is 6. The number of ether oxygens (including phenoxy) is 1. The normalized spacial score (nSPS) is 17.2. The van der Waals surface area contributed by atoms with Crippen LogP contribution in [0.5, 0.6) is 0 Å². The van der Waals surface area contributed by atoms with Gasteiger partial charge in [0, 0.05) is 6.07 Å². The summed E-state index contributed by atoms with van der Waals surface area (Å²) in [5.74, 6) is -1.26. The molecule has 0 bridgehead atoms. The van der Waals surface area contributed by atoms with Crippen LogP contribution >= 0.6 is 0 Å². The first-order chi connectivity index (χ1) is 11.6. The van der Waals surface area contributed by atoms with Crippen molar-refractivity contribution in [2.45, 2.75) is 45.8 Å². The number of carbonyl (C=O) groups is 4. The van der Waals surface area contributed by atoms with E-state index < -0.39 is 42.0 Å². The zero-order chi connectivity index (χ0) is 18.8. The fourth-order valence-electron chi connectivity index (χ4n) is 2.24. The van der Waals surface area contributed by atoms with Crippen LogP contribution in [0.15, 0.2) is 10.6 Å². The molecule has 1 unspecified atom stereocenters. The molecular formula is C15H20N4O6. The highest BCUT2D eigenvalue weighted by Crippen LogP contribution is 2.17. The van der Waals surface area contributed by atoms with Crippen LogP contribution in [0.1, 0.15) is 33.0 Å². The maximum atomic E-state index is 12.1. The van der Waals surface area contributed by atoms with Gasteiger partial charge < -0.3 is 19.9 Å². The number of carbonyl (C=O) groups excluding carboxylic acids is 4. The fourth-order valence-corrected chi connectivity index (χ4v) is 2.24. The van der Waals surface area contributed by atoms with Crippen molar-refractivity contribution in [2.75, 3.05) is 11.9 Å². The third kappa shape index (κ3) is 4.14. The molecule has 1 aliphatic heterocycles. The quantitative estimate of drug-likeness (QED) is 0.565. The first kappa shape index (κ1) is 18.4. The summed E-state index contributed by atoms with van der Waals surface area (Å²) in [4.78, 5) is 48.7. The van der Waals surface area contributed by atoms with Gasteiger partial charge in [-0.05, 0) is 27.2 Å². The molecule has 4 amide bonds. The molecule has 25 heavy (non-hydrogen) atoms. The van der Waals surface area contributed by atoms with Crippen molar-refractivity contribution in [3.63, 3.8) is 0 Å². The largest absolute Gasteiger partial charge is 0.451 e. The summed E-state index contributed by atoms with van der Waals surface area (Å²) in [6.45, 7) is 5.81. The summed E-state index contributed by atoms with van der Waals surface area (Å²) in [6, 6.07) is 0.837. The van der Waals surface area contributed by atoms with Gasteiger partial charge in [0.15, 0.2) is 11.9 Å². The second kappa shape index (κ2) is 6.91. The maximum Gasteiger partial charge on any atom is 0.327 e. The van der Waals surface area contributed by atoms with Gasteiger partial charge in [0.25, 0.3) is 11.8 Å². The minimum absolute atomic E-state index is 0.202. The number of amides is 4. The summed E-state index contributed by atoms with van der Waals surface area (Å²) < 4.78 is 9.91. The van der Waals surface area contributed by atoms with Crippen molar-refractivity contribution in [3.8, 4) is 0 Å². The van der Waals surface area contributed by atoms with Crippen molar-refractivity contribution in [2.24, 2.45) is 0 Å². The summed E-state index contributed by atoms with van der Waals surface area (Å²) in [5.41, 5.74) is -1.08. The molecule has 2 rings (SSSR count). The summed E-state index contributed by atoms with van der Waals surface area (Å²) in [5, 5.41) is 8.54. The van der Waals surface area contributed by atoms with E-state index in [1.807, 2.05) is 0 Å². The van der Waals surface area contributed by atoms with E-state index in [-0.39, 0.29) is 12.2 Å². The van der Waals surface area contributed by atoms with E-state index in [1.54, 1.807) is 13.8 Å². The van der Waals surface area contributed by atoms with Crippen molar-refractivity contribution in [3.05, 3.63) is 11.8 Å². The van der Waals surface area contributed by atoms with E-state index in [2.05, 4.69) is 15.8 Å². The van der Waals surface area contributed by atoms with Crippen molar-refractivity contribution < 1.29 is 28.4 Å². The number of hydrogen-bond acceptors (Lipinski definition) is 7. The number of hydrogen-bond donors (Lipinski definition) is 2. The third-order valence-corrected chi connectivity index (χ3v) is 3.55. The molecule has 1 fully saturated rings. The topological polar surface area (TPSA) is 131 Å². The molecule has 1 aromatic rings. The highest BCUT2D eigenvalue weighted by Gasteiger charge is 2.45. The Morgan fingerprint density at radius 3 is 2.60 bits per heavy atom. The highest BCUT2D eigenvalue weighted by molar-refractivity contribution is 6.08. The average molecular weight is 352 g/mol.